The number of nitrogens with one attached hydrogen (secondary N) is 2. The van der Waals surface area contributed by atoms with Crippen molar-refractivity contribution in [2.24, 2.45) is 0 Å². The van der Waals surface area contributed by atoms with E-state index in [1.807, 2.05) is 19.9 Å². The summed E-state index contributed by atoms with van der Waals surface area (Å²) in [4.78, 5) is 16.6. The van der Waals surface area contributed by atoms with Gasteiger partial charge in [-0.15, -0.1) is 0 Å². The smallest absolute Gasteiger partial charge is 0.259 e. The molecule has 4 nitrogen and oxygen atoms in total. The zero-order valence-corrected chi connectivity index (χ0v) is 14.0. The molecule has 2 rings (SSSR count). The molecule has 0 aliphatic heterocycles. The highest BCUT2D eigenvalue weighted by Gasteiger charge is 2.14. The monoisotopic (exact) mass is 367 g/mol. The molecule has 21 heavy (non-hydrogen) atoms. The van der Waals surface area contributed by atoms with E-state index in [1.54, 1.807) is 24.4 Å². The molecule has 1 aromatic heterocycles. The van der Waals surface area contributed by atoms with E-state index in [1.165, 1.54) is 0 Å². The van der Waals surface area contributed by atoms with E-state index in [0.29, 0.717) is 28.6 Å². The van der Waals surface area contributed by atoms with Crippen LogP contribution in [0.2, 0.25) is 5.02 Å². The number of halogens is 2. The number of aromatic nitrogens is 1. The molecule has 0 fully saturated rings. The van der Waals surface area contributed by atoms with Crippen LogP contribution in [0.5, 0.6) is 0 Å². The second-order valence-corrected chi connectivity index (χ2v) is 5.73. The normalized spacial score (nSPS) is 10.3. The van der Waals surface area contributed by atoms with E-state index in [-0.39, 0.29) is 5.91 Å². The number of hydrogen-bond donors (Lipinski definition) is 2. The molecule has 0 saturated heterocycles. The van der Waals surface area contributed by atoms with Crippen LogP contribution in [0.25, 0.3) is 0 Å². The lowest BCUT2D eigenvalue weighted by Crippen LogP contribution is -2.16. The summed E-state index contributed by atoms with van der Waals surface area (Å²) in [6.45, 7) is 4.55. The summed E-state index contributed by atoms with van der Waals surface area (Å²) < 4.78 is 0.784. The molecule has 0 bridgehead atoms. The molecule has 0 atom stereocenters. The number of carbonyl (C=O) groups is 1. The number of aryl methyl sites for hydroxylation is 1. The first kappa shape index (κ1) is 15.8. The first-order valence-corrected chi connectivity index (χ1v) is 7.66. The molecule has 0 aliphatic rings. The summed E-state index contributed by atoms with van der Waals surface area (Å²) in [5, 5.41) is 6.51. The van der Waals surface area contributed by atoms with Crippen molar-refractivity contribution in [1.82, 2.24) is 4.98 Å². The second-order valence-electron chi connectivity index (χ2n) is 4.47. The van der Waals surface area contributed by atoms with Crippen LogP contribution in [-0.4, -0.2) is 17.4 Å². The minimum absolute atomic E-state index is 0.236. The van der Waals surface area contributed by atoms with Gasteiger partial charge in [-0.25, -0.2) is 4.98 Å². The number of amides is 1. The highest BCUT2D eigenvalue weighted by Crippen LogP contribution is 2.29. The first-order valence-electron chi connectivity index (χ1n) is 6.48. The van der Waals surface area contributed by atoms with Crippen molar-refractivity contribution in [1.29, 1.82) is 0 Å². The number of benzene rings is 1. The van der Waals surface area contributed by atoms with Gasteiger partial charge in [0.25, 0.3) is 5.91 Å². The third-order valence-corrected chi connectivity index (χ3v) is 3.96. The number of nitrogens with zero attached hydrogens (tertiary/aromatic N) is 1. The molecule has 1 amide bonds. The van der Waals surface area contributed by atoms with Gasteiger partial charge in [0.1, 0.15) is 5.82 Å². The lowest BCUT2D eigenvalue weighted by atomic mass is 10.2. The molecule has 2 N–H and O–H groups in total. The lowest BCUT2D eigenvalue weighted by molar-refractivity contribution is 0.102. The Morgan fingerprint density at radius 2 is 2.19 bits per heavy atom. The number of hydrogen-bond acceptors (Lipinski definition) is 3. The van der Waals surface area contributed by atoms with Crippen molar-refractivity contribution in [2.45, 2.75) is 13.8 Å². The van der Waals surface area contributed by atoms with E-state index >= 15 is 0 Å². The van der Waals surface area contributed by atoms with Gasteiger partial charge in [-0.1, -0.05) is 11.6 Å². The van der Waals surface area contributed by atoms with Crippen LogP contribution >= 0.6 is 27.5 Å². The molecular weight excluding hydrogens is 354 g/mol. The molecular formula is C15H15BrClN3O. The fourth-order valence-electron chi connectivity index (χ4n) is 1.83. The highest BCUT2D eigenvalue weighted by molar-refractivity contribution is 9.10. The predicted molar refractivity (Wildman–Crippen MR) is 90.2 cm³/mol. The molecule has 0 aliphatic carbocycles. The Morgan fingerprint density at radius 3 is 2.90 bits per heavy atom. The Labute approximate surface area is 137 Å². The van der Waals surface area contributed by atoms with Gasteiger partial charge in [0.15, 0.2) is 0 Å². The second kappa shape index (κ2) is 6.91. The Bertz CT molecular complexity index is 676. The fourth-order valence-corrected chi connectivity index (χ4v) is 2.55. The van der Waals surface area contributed by atoms with E-state index in [2.05, 4.69) is 31.5 Å². The summed E-state index contributed by atoms with van der Waals surface area (Å²) in [6, 6.07) is 7.05. The molecule has 0 unspecified atom stereocenters. The Kier molecular flexibility index (Phi) is 5.20. The van der Waals surface area contributed by atoms with Crippen LogP contribution in [0.4, 0.5) is 11.5 Å². The zero-order valence-electron chi connectivity index (χ0n) is 11.7. The van der Waals surface area contributed by atoms with Crippen LogP contribution in [0, 0.1) is 6.92 Å². The van der Waals surface area contributed by atoms with Gasteiger partial charge >= 0.3 is 0 Å². The first-order chi connectivity index (χ1) is 10.0. The van der Waals surface area contributed by atoms with Crippen molar-refractivity contribution in [3.05, 3.63) is 51.1 Å². The van der Waals surface area contributed by atoms with E-state index in [0.717, 1.165) is 10.0 Å². The largest absolute Gasteiger partial charge is 0.370 e. The van der Waals surface area contributed by atoms with Crippen LogP contribution in [-0.2, 0) is 0 Å². The topological polar surface area (TPSA) is 54.0 Å². The minimum atomic E-state index is -0.236. The van der Waals surface area contributed by atoms with E-state index < -0.39 is 0 Å². The molecule has 1 aromatic carbocycles. The average molecular weight is 369 g/mol. The van der Waals surface area contributed by atoms with Gasteiger partial charge in [0.2, 0.25) is 0 Å². The summed E-state index contributed by atoms with van der Waals surface area (Å²) >= 11 is 9.53. The zero-order chi connectivity index (χ0) is 15.4. The summed E-state index contributed by atoms with van der Waals surface area (Å²) in [5.74, 6) is 0.325. The summed E-state index contributed by atoms with van der Waals surface area (Å²) in [7, 11) is 0. The Hall–Kier alpha value is -1.59. The molecule has 2 aromatic rings. The van der Waals surface area contributed by atoms with Gasteiger partial charge in [-0.2, -0.15) is 0 Å². The van der Waals surface area contributed by atoms with Crippen molar-refractivity contribution in [2.75, 3.05) is 17.2 Å². The standard InChI is InChI=1S/C15H15BrClN3O/c1-3-18-14-10(5-4-6-19-14)15(21)20-13-8-12(17)9(2)7-11(13)16/h4-8H,3H2,1-2H3,(H,18,19)(H,20,21). The van der Waals surface area contributed by atoms with Crippen molar-refractivity contribution in [3.63, 3.8) is 0 Å². The van der Waals surface area contributed by atoms with Crippen LogP contribution in [0.1, 0.15) is 22.8 Å². The molecule has 0 spiro atoms. The summed E-state index contributed by atoms with van der Waals surface area (Å²) in [6.07, 6.45) is 1.65. The maximum absolute atomic E-state index is 12.4. The van der Waals surface area contributed by atoms with Gasteiger partial charge in [0, 0.05) is 22.2 Å². The van der Waals surface area contributed by atoms with Crippen molar-refractivity contribution in [3.8, 4) is 0 Å². The van der Waals surface area contributed by atoms with E-state index in [9.17, 15) is 4.79 Å². The fraction of sp³-hybridized carbons (Fsp3) is 0.200. The Morgan fingerprint density at radius 1 is 1.43 bits per heavy atom. The van der Waals surface area contributed by atoms with Gasteiger partial charge < -0.3 is 10.6 Å². The third kappa shape index (κ3) is 3.74. The molecule has 1 heterocycles. The van der Waals surface area contributed by atoms with Crippen molar-refractivity contribution >= 4 is 44.9 Å². The van der Waals surface area contributed by atoms with Crippen LogP contribution < -0.4 is 10.6 Å². The van der Waals surface area contributed by atoms with Crippen LogP contribution in [0.15, 0.2) is 34.9 Å². The molecule has 0 radical (unpaired) electrons. The number of rotatable bonds is 4. The lowest BCUT2D eigenvalue weighted by Gasteiger charge is -2.12. The van der Waals surface area contributed by atoms with Crippen molar-refractivity contribution < 1.29 is 4.79 Å². The molecule has 6 heteroatoms. The number of pyridine rings is 1. The predicted octanol–water partition coefficient (Wildman–Crippen LogP) is 4.49. The maximum atomic E-state index is 12.4. The number of anilines is 2. The van der Waals surface area contributed by atoms with Gasteiger partial charge in [-0.05, 0) is 59.6 Å². The average Bonchev–Trinajstić information content (AvgIpc) is 2.45. The third-order valence-electron chi connectivity index (χ3n) is 2.89. The van der Waals surface area contributed by atoms with E-state index in [4.69, 9.17) is 11.6 Å². The quantitative estimate of drug-likeness (QED) is 0.836. The van der Waals surface area contributed by atoms with Gasteiger partial charge in [-0.3, -0.25) is 4.79 Å². The van der Waals surface area contributed by atoms with Gasteiger partial charge in [0.05, 0.1) is 11.3 Å². The minimum Gasteiger partial charge on any atom is -0.370 e. The SMILES string of the molecule is CCNc1ncccc1C(=O)Nc1cc(Cl)c(C)cc1Br. The maximum Gasteiger partial charge on any atom is 0.259 e. The highest BCUT2D eigenvalue weighted by atomic mass is 79.9. The van der Waals surface area contributed by atoms with Crippen LogP contribution in [0.3, 0.4) is 0 Å². The Balaban J connectivity index is 2.28. The number of carbonyl (C=O) groups excluding carboxylic acids is 1. The molecule has 110 valence electrons. The summed E-state index contributed by atoms with van der Waals surface area (Å²) in [5.41, 5.74) is 2.06. The molecule has 0 saturated carbocycles.